The van der Waals surface area contributed by atoms with Crippen LogP contribution >= 0.6 is 11.8 Å². The lowest BCUT2D eigenvalue weighted by molar-refractivity contribution is 0.1000. The fourth-order valence-electron chi connectivity index (χ4n) is 2.64. The van der Waals surface area contributed by atoms with E-state index in [1.54, 1.807) is 28.8 Å². The van der Waals surface area contributed by atoms with E-state index in [9.17, 15) is 9.59 Å². The SMILES string of the molecule is CC(C)n1c(SCc2cccc(C(N)=O)c2)nc2ccccc2c1=O. The topological polar surface area (TPSA) is 78.0 Å². The van der Waals surface area contributed by atoms with Gasteiger partial charge in [-0.25, -0.2) is 4.98 Å². The van der Waals surface area contributed by atoms with E-state index in [4.69, 9.17) is 5.73 Å². The molecule has 0 aliphatic carbocycles. The average Bonchev–Trinajstić information content (AvgIpc) is 2.60. The molecule has 2 N–H and O–H groups in total. The third-order valence-electron chi connectivity index (χ3n) is 3.87. The van der Waals surface area contributed by atoms with E-state index < -0.39 is 5.91 Å². The first-order valence-electron chi connectivity index (χ1n) is 8.00. The van der Waals surface area contributed by atoms with Gasteiger partial charge in [0.25, 0.3) is 5.56 Å². The first-order valence-corrected chi connectivity index (χ1v) is 8.98. The third-order valence-corrected chi connectivity index (χ3v) is 4.90. The van der Waals surface area contributed by atoms with Crippen molar-refractivity contribution < 1.29 is 4.79 Å². The van der Waals surface area contributed by atoms with Crippen LogP contribution in [0.4, 0.5) is 0 Å². The lowest BCUT2D eigenvalue weighted by Crippen LogP contribution is -2.25. The lowest BCUT2D eigenvalue weighted by atomic mass is 10.1. The van der Waals surface area contributed by atoms with Crippen LogP contribution in [0.25, 0.3) is 10.9 Å². The molecule has 3 rings (SSSR count). The van der Waals surface area contributed by atoms with Gasteiger partial charge in [0, 0.05) is 17.4 Å². The van der Waals surface area contributed by atoms with E-state index in [0.29, 0.717) is 27.4 Å². The van der Waals surface area contributed by atoms with Gasteiger partial charge in [-0.05, 0) is 43.7 Å². The highest BCUT2D eigenvalue weighted by Crippen LogP contribution is 2.24. The third kappa shape index (κ3) is 3.58. The highest BCUT2D eigenvalue weighted by molar-refractivity contribution is 7.98. The number of hydrogen-bond acceptors (Lipinski definition) is 4. The summed E-state index contributed by atoms with van der Waals surface area (Å²) in [6.45, 7) is 3.94. The summed E-state index contributed by atoms with van der Waals surface area (Å²) in [5.41, 5.74) is 7.43. The molecule has 6 heteroatoms. The number of nitrogens with zero attached hydrogens (tertiary/aromatic N) is 2. The molecule has 0 saturated heterocycles. The first kappa shape index (κ1) is 17.2. The van der Waals surface area contributed by atoms with Crippen LogP contribution in [0.2, 0.25) is 0 Å². The Balaban J connectivity index is 1.98. The summed E-state index contributed by atoms with van der Waals surface area (Å²) in [6, 6.07) is 14.6. The minimum absolute atomic E-state index is 0.00376. The zero-order chi connectivity index (χ0) is 18.0. The fraction of sp³-hybridized carbons (Fsp3) is 0.211. The number of hydrogen-bond donors (Lipinski definition) is 1. The molecule has 2 aromatic carbocycles. The zero-order valence-electron chi connectivity index (χ0n) is 14.1. The Labute approximate surface area is 149 Å². The molecule has 0 saturated carbocycles. The average molecular weight is 353 g/mol. The zero-order valence-corrected chi connectivity index (χ0v) is 14.9. The second kappa shape index (κ2) is 7.11. The Bertz CT molecular complexity index is 995. The van der Waals surface area contributed by atoms with Crippen LogP contribution in [0.1, 0.15) is 35.8 Å². The molecule has 0 spiro atoms. The molecule has 0 aliphatic rings. The second-order valence-corrected chi connectivity index (χ2v) is 6.98. The number of nitrogens with two attached hydrogens (primary N) is 1. The maximum Gasteiger partial charge on any atom is 0.262 e. The molecule has 25 heavy (non-hydrogen) atoms. The van der Waals surface area contributed by atoms with Crippen molar-refractivity contribution in [2.45, 2.75) is 30.8 Å². The van der Waals surface area contributed by atoms with E-state index >= 15 is 0 Å². The quantitative estimate of drug-likeness (QED) is 0.563. The highest BCUT2D eigenvalue weighted by atomic mass is 32.2. The van der Waals surface area contributed by atoms with E-state index in [-0.39, 0.29) is 11.6 Å². The van der Waals surface area contributed by atoms with Gasteiger partial charge in [0.2, 0.25) is 5.91 Å². The van der Waals surface area contributed by atoms with Crippen LogP contribution in [-0.2, 0) is 5.75 Å². The van der Waals surface area contributed by atoms with E-state index in [0.717, 1.165) is 5.56 Å². The minimum atomic E-state index is -0.449. The molecule has 1 amide bonds. The first-order chi connectivity index (χ1) is 12.0. The number of carbonyl (C=O) groups is 1. The molecule has 1 heterocycles. The number of para-hydroxylation sites is 1. The van der Waals surface area contributed by atoms with E-state index in [2.05, 4.69) is 4.98 Å². The Morgan fingerprint density at radius 2 is 1.96 bits per heavy atom. The van der Waals surface area contributed by atoms with Gasteiger partial charge in [0.1, 0.15) is 0 Å². The van der Waals surface area contributed by atoms with Crippen LogP contribution in [0.5, 0.6) is 0 Å². The Kier molecular flexibility index (Phi) is 4.90. The normalized spacial score (nSPS) is 11.2. The summed E-state index contributed by atoms with van der Waals surface area (Å²) in [4.78, 5) is 28.8. The summed E-state index contributed by atoms with van der Waals surface area (Å²) < 4.78 is 1.71. The maximum absolute atomic E-state index is 12.8. The number of aromatic nitrogens is 2. The summed E-state index contributed by atoms with van der Waals surface area (Å²) >= 11 is 1.48. The van der Waals surface area contributed by atoms with Crippen molar-refractivity contribution in [3.8, 4) is 0 Å². The summed E-state index contributed by atoms with van der Waals surface area (Å²) in [5.74, 6) is 0.147. The van der Waals surface area contributed by atoms with Gasteiger partial charge in [0.15, 0.2) is 5.16 Å². The molecule has 0 atom stereocenters. The van der Waals surface area contributed by atoms with Gasteiger partial charge in [-0.2, -0.15) is 0 Å². The predicted molar refractivity (Wildman–Crippen MR) is 101 cm³/mol. The number of carbonyl (C=O) groups excluding carboxylic acids is 1. The smallest absolute Gasteiger partial charge is 0.262 e. The Morgan fingerprint density at radius 3 is 2.68 bits per heavy atom. The van der Waals surface area contributed by atoms with Crippen molar-refractivity contribution >= 4 is 28.6 Å². The van der Waals surface area contributed by atoms with E-state index in [1.165, 1.54) is 11.8 Å². The van der Waals surface area contributed by atoms with Crippen LogP contribution in [0.3, 0.4) is 0 Å². The number of fused-ring (bicyclic) bond motifs is 1. The highest BCUT2D eigenvalue weighted by Gasteiger charge is 2.14. The number of thioether (sulfide) groups is 1. The molecule has 1 aromatic heterocycles. The maximum atomic E-state index is 12.8. The molecule has 0 unspecified atom stereocenters. The molecule has 3 aromatic rings. The molecule has 0 bridgehead atoms. The minimum Gasteiger partial charge on any atom is -0.366 e. The number of primary amides is 1. The van der Waals surface area contributed by atoms with Crippen LogP contribution in [-0.4, -0.2) is 15.5 Å². The number of benzene rings is 2. The largest absolute Gasteiger partial charge is 0.366 e. The van der Waals surface area contributed by atoms with Gasteiger partial charge >= 0.3 is 0 Å². The van der Waals surface area contributed by atoms with Gasteiger partial charge in [-0.1, -0.05) is 36.0 Å². The van der Waals surface area contributed by atoms with Crippen molar-refractivity contribution in [3.05, 3.63) is 70.0 Å². The van der Waals surface area contributed by atoms with Gasteiger partial charge in [0.05, 0.1) is 10.9 Å². The standard InChI is InChI=1S/C19H19N3O2S/c1-12(2)22-18(24)15-8-3-4-9-16(15)21-19(22)25-11-13-6-5-7-14(10-13)17(20)23/h3-10,12H,11H2,1-2H3,(H2,20,23). The molecule has 128 valence electrons. The van der Waals surface area contributed by atoms with Crippen LogP contribution in [0.15, 0.2) is 58.5 Å². The summed E-state index contributed by atoms with van der Waals surface area (Å²) in [7, 11) is 0. The second-order valence-electron chi connectivity index (χ2n) is 6.03. The van der Waals surface area contributed by atoms with Crippen LogP contribution < -0.4 is 11.3 Å². The van der Waals surface area contributed by atoms with Crippen molar-refractivity contribution in [1.82, 2.24) is 9.55 Å². The van der Waals surface area contributed by atoms with E-state index in [1.807, 2.05) is 38.1 Å². The molecular formula is C19H19N3O2S. The number of amides is 1. The van der Waals surface area contributed by atoms with Crippen molar-refractivity contribution in [2.24, 2.45) is 5.73 Å². The van der Waals surface area contributed by atoms with Crippen molar-refractivity contribution in [3.63, 3.8) is 0 Å². The van der Waals surface area contributed by atoms with Crippen molar-refractivity contribution in [2.75, 3.05) is 0 Å². The Hall–Kier alpha value is -2.60. The molecule has 0 fully saturated rings. The molecular weight excluding hydrogens is 334 g/mol. The Morgan fingerprint density at radius 1 is 1.20 bits per heavy atom. The van der Waals surface area contributed by atoms with Crippen LogP contribution in [0, 0.1) is 0 Å². The summed E-state index contributed by atoms with van der Waals surface area (Å²) in [5, 5.41) is 1.29. The molecule has 0 aliphatic heterocycles. The van der Waals surface area contributed by atoms with Crippen molar-refractivity contribution in [1.29, 1.82) is 0 Å². The summed E-state index contributed by atoms with van der Waals surface area (Å²) in [6.07, 6.45) is 0. The van der Waals surface area contributed by atoms with Gasteiger partial charge < -0.3 is 5.73 Å². The monoisotopic (exact) mass is 353 g/mol. The number of rotatable bonds is 5. The predicted octanol–water partition coefficient (Wildman–Crippen LogP) is 3.37. The molecule has 0 radical (unpaired) electrons. The fourth-order valence-corrected chi connectivity index (χ4v) is 3.72. The van der Waals surface area contributed by atoms with Gasteiger partial charge in [-0.15, -0.1) is 0 Å². The van der Waals surface area contributed by atoms with Gasteiger partial charge in [-0.3, -0.25) is 14.2 Å². The lowest BCUT2D eigenvalue weighted by Gasteiger charge is -2.16. The molecule has 5 nitrogen and oxygen atoms in total.